The number of urea groups is 1. The SMILES string of the molecule is COc1cccc(CN(C(=O)N[C@H]2CCCNC2=O)C2CCCC2)c1OC. The highest BCUT2D eigenvalue weighted by atomic mass is 16.5. The highest BCUT2D eigenvalue weighted by Crippen LogP contribution is 2.33. The van der Waals surface area contributed by atoms with Gasteiger partial charge >= 0.3 is 6.03 Å². The van der Waals surface area contributed by atoms with E-state index in [1.807, 2.05) is 23.1 Å². The number of carbonyl (C=O) groups is 2. The summed E-state index contributed by atoms with van der Waals surface area (Å²) in [7, 11) is 3.21. The molecule has 0 spiro atoms. The van der Waals surface area contributed by atoms with E-state index in [0.717, 1.165) is 37.7 Å². The van der Waals surface area contributed by atoms with E-state index < -0.39 is 6.04 Å². The first-order valence-electron chi connectivity index (χ1n) is 9.68. The fourth-order valence-corrected chi connectivity index (χ4v) is 3.99. The normalized spacial score (nSPS) is 20.1. The molecule has 3 amide bonds. The summed E-state index contributed by atoms with van der Waals surface area (Å²) in [4.78, 5) is 27.0. The maximum Gasteiger partial charge on any atom is 0.318 e. The summed E-state index contributed by atoms with van der Waals surface area (Å²) in [5.41, 5.74) is 0.895. The summed E-state index contributed by atoms with van der Waals surface area (Å²) in [5, 5.41) is 5.76. The van der Waals surface area contributed by atoms with Crippen LogP contribution in [0.5, 0.6) is 11.5 Å². The van der Waals surface area contributed by atoms with Gasteiger partial charge in [0.1, 0.15) is 6.04 Å². The van der Waals surface area contributed by atoms with Crippen LogP contribution in [-0.2, 0) is 11.3 Å². The molecule has 7 nitrogen and oxygen atoms in total. The van der Waals surface area contributed by atoms with Crippen LogP contribution in [0.25, 0.3) is 0 Å². The van der Waals surface area contributed by atoms with E-state index in [9.17, 15) is 9.59 Å². The predicted molar refractivity (Wildman–Crippen MR) is 102 cm³/mol. The number of hydrogen-bond acceptors (Lipinski definition) is 4. The summed E-state index contributed by atoms with van der Waals surface area (Å²) >= 11 is 0. The lowest BCUT2D eigenvalue weighted by Crippen LogP contribution is -2.54. The second-order valence-electron chi connectivity index (χ2n) is 7.15. The molecule has 1 saturated carbocycles. The third-order valence-electron chi connectivity index (χ3n) is 5.43. The van der Waals surface area contributed by atoms with Crippen molar-refractivity contribution in [3.8, 4) is 11.5 Å². The van der Waals surface area contributed by atoms with Crippen LogP contribution in [0.3, 0.4) is 0 Å². The Kier molecular flexibility index (Phi) is 6.42. The van der Waals surface area contributed by atoms with Crippen LogP contribution in [0.2, 0.25) is 0 Å². The van der Waals surface area contributed by atoms with E-state index in [4.69, 9.17) is 9.47 Å². The first-order valence-corrected chi connectivity index (χ1v) is 9.68. The topological polar surface area (TPSA) is 79.9 Å². The van der Waals surface area contributed by atoms with Gasteiger partial charge in [-0.3, -0.25) is 4.79 Å². The van der Waals surface area contributed by atoms with Crippen LogP contribution in [-0.4, -0.2) is 49.7 Å². The first kappa shape index (κ1) is 19.3. The maximum absolute atomic E-state index is 13.1. The Morgan fingerprint density at radius 3 is 2.63 bits per heavy atom. The van der Waals surface area contributed by atoms with Crippen molar-refractivity contribution in [2.24, 2.45) is 0 Å². The standard InChI is InChI=1S/C20H29N3O4/c1-26-17-11-5-7-14(18(17)27-2)13-23(15-8-3-4-9-15)20(25)22-16-10-6-12-21-19(16)24/h5,7,11,15-16H,3-4,6,8-10,12-13H2,1-2H3,(H,21,24)(H,22,25)/t16-/m0/s1. The number of nitrogens with one attached hydrogen (secondary N) is 2. The molecule has 1 saturated heterocycles. The molecule has 148 valence electrons. The molecule has 2 aliphatic rings. The van der Waals surface area contributed by atoms with Gasteiger partial charge in [-0.2, -0.15) is 0 Å². The summed E-state index contributed by atoms with van der Waals surface area (Å²) < 4.78 is 10.9. The lowest BCUT2D eigenvalue weighted by molar-refractivity contribution is -0.124. The van der Waals surface area contributed by atoms with Crippen molar-refractivity contribution < 1.29 is 19.1 Å². The molecule has 0 unspecified atom stereocenters. The summed E-state index contributed by atoms with van der Waals surface area (Å²) in [6.07, 6.45) is 5.76. The van der Waals surface area contributed by atoms with Gasteiger partial charge in [0.25, 0.3) is 0 Å². The number of amides is 3. The van der Waals surface area contributed by atoms with Gasteiger partial charge < -0.3 is 25.0 Å². The molecule has 3 rings (SSSR count). The number of piperidine rings is 1. The number of carbonyl (C=O) groups excluding carboxylic acids is 2. The lowest BCUT2D eigenvalue weighted by atomic mass is 10.1. The quantitative estimate of drug-likeness (QED) is 0.800. The highest BCUT2D eigenvalue weighted by molar-refractivity contribution is 5.87. The van der Waals surface area contributed by atoms with Gasteiger partial charge in [0.05, 0.1) is 20.8 Å². The fraction of sp³-hybridized carbons (Fsp3) is 0.600. The maximum atomic E-state index is 13.1. The monoisotopic (exact) mass is 375 g/mol. The average Bonchev–Trinajstić information content (AvgIpc) is 3.21. The zero-order valence-corrected chi connectivity index (χ0v) is 16.1. The van der Waals surface area contributed by atoms with E-state index in [2.05, 4.69) is 10.6 Å². The van der Waals surface area contributed by atoms with Crippen molar-refractivity contribution in [2.45, 2.75) is 57.2 Å². The molecule has 0 bridgehead atoms. The number of hydrogen-bond donors (Lipinski definition) is 2. The van der Waals surface area contributed by atoms with Gasteiger partial charge in [-0.25, -0.2) is 4.79 Å². The molecule has 0 aromatic heterocycles. The van der Waals surface area contributed by atoms with Crippen LogP contribution in [0.1, 0.15) is 44.1 Å². The zero-order chi connectivity index (χ0) is 19.2. The number of para-hydroxylation sites is 1. The molecule has 1 heterocycles. The Morgan fingerprint density at radius 1 is 1.19 bits per heavy atom. The number of methoxy groups -OCH3 is 2. The highest BCUT2D eigenvalue weighted by Gasteiger charge is 2.31. The predicted octanol–water partition coefficient (Wildman–Crippen LogP) is 2.44. The van der Waals surface area contributed by atoms with Crippen LogP contribution in [0, 0.1) is 0 Å². The molecular formula is C20H29N3O4. The molecular weight excluding hydrogens is 346 g/mol. The number of nitrogens with zero attached hydrogens (tertiary/aromatic N) is 1. The van der Waals surface area contributed by atoms with Gasteiger partial charge in [0, 0.05) is 18.2 Å². The van der Waals surface area contributed by atoms with Gasteiger partial charge in [-0.05, 0) is 31.7 Å². The van der Waals surface area contributed by atoms with Crippen LogP contribution < -0.4 is 20.1 Å². The third-order valence-corrected chi connectivity index (χ3v) is 5.43. The molecule has 27 heavy (non-hydrogen) atoms. The fourth-order valence-electron chi connectivity index (χ4n) is 3.99. The summed E-state index contributed by atoms with van der Waals surface area (Å²) in [6, 6.07) is 5.22. The number of rotatable bonds is 6. The Bertz CT molecular complexity index is 673. The molecule has 1 atom stereocenters. The minimum absolute atomic E-state index is 0.0973. The van der Waals surface area contributed by atoms with E-state index >= 15 is 0 Å². The molecule has 0 radical (unpaired) electrons. The minimum Gasteiger partial charge on any atom is -0.493 e. The van der Waals surface area contributed by atoms with E-state index in [1.54, 1.807) is 14.2 Å². The molecule has 1 aliphatic carbocycles. The second kappa shape index (κ2) is 8.97. The Hall–Kier alpha value is -2.44. The first-order chi connectivity index (χ1) is 13.1. The van der Waals surface area contributed by atoms with Crippen molar-refractivity contribution in [3.63, 3.8) is 0 Å². The Labute approximate surface area is 160 Å². The van der Waals surface area contributed by atoms with Crippen LogP contribution in [0.15, 0.2) is 18.2 Å². The minimum atomic E-state index is -0.456. The average molecular weight is 375 g/mol. The zero-order valence-electron chi connectivity index (χ0n) is 16.1. The van der Waals surface area contributed by atoms with Gasteiger partial charge in [-0.1, -0.05) is 25.0 Å². The van der Waals surface area contributed by atoms with Gasteiger partial charge in [-0.15, -0.1) is 0 Å². The third kappa shape index (κ3) is 4.46. The summed E-state index contributed by atoms with van der Waals surface area (Å²) in [6.45, 7) is 1.10. The van der Waals surface area contributed by atoms with Crippen LogP contribution >= 0.6 is 0 Å². The van der Waals surface area contributed by atoms with Crippen molar-refractivity contribution in [1.82, 2.24) is 15.5 Å². The molecule has 1 aromatic rings. The Balaban J connectivity index is 1.79. The molecule has 2 N–H and O–H groups in total. The second-order valence-corrected chi connectivity index (χ2v) is 7.15. The molecule has 2 fully saturated rings. The largest absolute Gasteiger partial charge is 0.493 e. The smallest absolute Gasteiger partial charge is 0.318 e. The molecule has 1 aliphatic heterocycles. The van der Waals surface area contributed by atoms with Crippen molar-refractivity contribution >= 4 is 11.9 Å². The van der Waals surface area contributed by atoms with E-state index in [-0.39, 0.29) is 18.0 Å². The van der Waals surface area contributed by atoms with Gasteiger partial charge in [0.2, 0.25) is 5.91 Å². The molecule has 1 aromatic carbocycles. The van der Waals surface area contributed by atoms with Crippen LogP contribution in [0.4, 0.5) is 4.79 Å². The number of ether oxygens (including phenoxy) is 2. The van der Waals surface area contributed by atoms with Crippen molar-refractivity contribution in [1.29, 1.82) is 0 Å². The molecule has 7 heteroatoms. The summed E-state index contributed by atoms with van der Waals surface area (Å²) in [5.74, 6) is 1.19. The number of benzene rings is 1. The Morgan fingerprint density at radius 2 is 1.96 bits per heavy atom. The van der Waals surface area contributed by atoms with Crippen molar-refractivity contribution in [3.05, 3.63) is 23.8 Å². The van der Waals surface area contributed by atoms with Crippen molar-refractivity contribution in [2.75, 3.05) is 20.8 Å². The van der Waals surface area contributed by atoms with Gasteiger partial charge in [0.15, 0.2) is 11.5 Å². The lowest BCUT2D eigenvalue weighted by Gasteiger charge is -2.32. The van der Waals surface area contributed by atoms with E-state index in [1.165, 1.54) is 0 Å². The van der Waals surface area contributed by atoms with E-state index in [0.29, 0.717) is 31.0 Å².